The molecular formula is C92H58N6O2S2. The van der Waals surface area contributed by atoms with E-state index in [1.54, 1.807) is 0 Å². The Kier molecular flexibility index (Phi) is 15.1. The molecule has 0 unspecified atom stereocenters. The van der Waals surface area contributed by atoms with Crippen molar-refractivity contribution in [2.24, 2.45) is 0 Å². The van der Waals surface area contributed by atoms with Gasteiger partial charge in [-0.05, 0) is 166 Å². The number of benzene rings is 14. The number of hydrogen-bond acceptors (Lipinski definition) is 10. The van der Waals surface area contributed by atoms with Crippen LogP contribution in [0, 0.1) is 0 Å². The van der Waals surface area contributed by atoms with Crippen LogP contribution in [0.25, 0.3) is 152 Å². The maximum atomic E-state index is 6.31. The lowest BCUT2D eigenvalue weighted by Crippen LogP contribution is -2.09. The SMILES string of the molecule is c1ccc(N(c2ccccc2)c2ccc(-c3cnc4c(n3)oc3ccc(-c5cccc(-c6cccc7c6sc6ccccc67)c5)cc34)cc2)cc1.c1ccc(N(c2ccccc2)c2cccc(-c3cnc4c(n3)oc3ccc(-c5cccc(-c6cccc7c6sc6ccccc67)c5)cc34)c2)cc1. The smallest absolute Gasteiger partial charge is 0.246 e. The Morgan fingerprint density at radius 3 is 1.08 bits per heavy atom. The Hall–Kier alpha value is -13.1. The number of para-hydroxylation sites is 4. The van der Waals surface area contributed by atoms with Gasteiger partial charge in [0.05, 0.1) is 23.8 Å². The van der Waals surface area contributed by atoms with Crippen molar-refractivity contribution in [1.29, 1.82) is 0 Å². The zero-order valence-electron chi connectivity index (χ0n) is 54.8. The molecule has 0 saturated heterocycles. The van der Waals surface area contributed by atoms with E-state index in [1.807, 2.05) is 71.5 Å². The maximum absolute atomic E-state index is 6.31. The molecule has 20 aromatic rings. The van der Waals surface area contributed by atoms with Crippen LogP contribution in [-0.2, 0) is 0 Å². The first kappa shape index (κ1) is 60.1. The Bertz CT molecular complexity index is 6450. The minimum absolute atomic E-state index is 0.526. The number of furan rings is 2. The van der Waals surface area contributed by atoms with Crippen molar-refractivity contribution in [2.45, 2.75) is 0 Å². The van der Waals surface area contributed by atoms with Gasteiger partial charge in [-0.15, -0.1) is 22.7 Å². The second-order valence-corrected chi connectivity index (χ2v) is 27.4. The first-order valence-corrected chi connectivity index (χ1v) is 35.6. The normalized spacial score (nSPS) is 11.5. The summed E-state index contributed by atoms with van der Waals surface area (Å²) < 4.78 is 17.8. The van der Waals surface area contributed by atoms with Crippen molar-refractivity contribution in [2.75, 3.05) is 9.80 Å². The van der Waals surface area contributed by atoms with Crippen LogP contribution in [-0.4, -0.2) is 19.9 Å². The van der Waals surface area contributed by atoms with Crippen LogP contribution in [0.3, 0.4) is 0 Å². The highest BCUT2D eigenvalue weighted by Crippen LogP contribution is 2.45. The van der Waals surface area contributed by atoms with Crippen LogP contribution in [0.4, 0.5) is 34.1 Å². The molecule has 0 aliphatic heterocycles. The van der Waals surface area contributed by atoms with Crippen molar-refractivity contribution in [3.8, 4) is 67.0 Å². The van der Waals surface area contributed by atoms with E-state index in [9.17, 15) is 0 Å². The average molecular weight is 1340 g/mol. The molecule has 10 heteroatoms. The maximum Gasteiger partial charge on any atom is 0.246 e. The van der Waals surface area contributed by atoms with Gasteiger partial charge in [-0.25, -0.2) is 19.9 Å². The van der Waals surface area contributed by atoms with Gasteiger partial charge in [-0.3, -0.25) is 0 Å². The molecule has 0 bridgehead atoms. The average Bonchev–Trinajstić information content (AvgIpc) is 1.56. The molecule has 0 spiro atoms. The Morgan fingerprint density at radius 1 is 0.245 bits per heavy atom. The molecule has 480 valence electrons. The van der Waals surface area contributed by atoms with Crippen LogP contribution >= 0.6 is 22.7 Å². The van der Waals surface area contributed by atoms with E-state index in [0.717, 1.165) is 112 Å². The van der Waals surface area contributed by atoms with Crippen molar-refractivity contribution in [3.05, 3.63) is 352 Å². The topological polar surface area (TPSA) is 84.3 Å². The van der Waals surface area contributed by atoms with Gasteiger partial charge in [0.2, 0.25) is 11.4 Å². The fraction of sp³-hybridized carbons (Fsp3) is 0. The van der Waals surface area contributed by atoms with Crippen LogP contribution in [0.5, 0.6) is 0 Å². The number of nitrogens with zero attached hydrogens (tertiary/aromatic N) is 6. The zero-order valence-corrected chi connectivity index (χ0v) is 56.4. The quantitative estimate of drug-likeness (QED) is 0.120. The lowest BCUT2D eigenvalue weighted by Gasteiger charge is -2.25. The summed E-state index contributed by atoms with van der Waals surface area (Å²) in [5, 5.41) is 7.14. The minimum atomic E-state index is 0.526. The number of anilines is 6. The highest BCUT2D eigenvalue weighted by molar-refractivity contribution is 7.26. The van der Waals surface area contributed by atoms with Crippen LogP contribution in [0.2, 0.25) is 0 Å². The summed E-state index contributed by atoms with van der Waals surface area (Å²) in [5.41, 5.74) is 23.4. The number of hydrogen-bond donors (Lipinski definition) is 0. The third kappa shape index (κ3) is 11.0. The first-order chi connectivity index (χ1) is 50.5. The van der Waals surface area contributed by atoms with Gasteiger partial charge < -0.3 is 18.6 Å². The number of aromatic nitrogens is 4. The third-order valence-corrected chi connectivity index (χ3v) is 21.5. The standard InChI is InChI=1S/2C46H29N3OS/c1-3-15-34(16-4-1)49(35-17-5-2-6-18-35)36-19-10-14-33(27-36)41-29-47-44-40-28-31(24-25-42(40)50-46(44)48-41)30-12-9-13-32(26-30)37-21-11-22-39-38-20-7-8-23-43(38)51-45(37)39;1-3-13-34(14-4-1)49(35-15-5-2-6-16-35)36-24-21-30(22-25-36)41-29-47-44-40-28-32(23-26-42(40)50-46(44)48-41)31-11-9-12-33(27-31)37-18-10-19-39-38-17-7-8-20-43(38)51-45(37)39/h2*1-29H. The first-order valence-electron chi connectivity index (χ1n) is 34.0. The Labute approximate surface area is 595 Å². The minimum Gasteiger partial charge on any atom is -0.436 e. The summed E-state index contributed by atoms with van der Waals surface area (Å²) in [6, 6.07) is 119. The van der Waals surface area contributed by atoms with Gasteiger partial charge in [0, 0.05) is 96.4 Å². The van der Waals surface area contributed by atoms with Gasteiger partial charge in [-0.1, -0.05) is 218 Å². The molecule has 0 aliphatic rings. The van der Waals surface area contributed by atoms with Crippen LogP contribution in [0.1, 0.15) is 0 Å². The molecule has 20 rings (SSSR count). The molecule has 0 radical (unpaired) electrons. The summed E-state index contributed by atoms with van der Waals surface area (Å²) in [4.78, 5) is 24.2. The molecule has 0 fully saturated rings. The lowest BCUT2D eigenvalue weighted by atomic mass is 9.97. The summed E-state index contributed by atoms with van der Waals surface area (Å²) in [6.45, 7) is 0. The molecule has 14 aromatic carbocycles. The van der Waals surface area contributed by atoms with Crippen molar-refractivity contribution in [3.63, 3.8) is 0 Å². The Morgan fingerprint density at radius 2 is 0.598 bits per heavy atom. The molecule has 8 nitrogen and oxygen atoms in total. The molecule has 0 atom stereocenters. The molecule has 102 heavy (non-hydrogen) atoms. The summed E-state index contributed by atoms with van der Waals surface area (Å²) in [7, 11) is 0. The van der Waals surface area contributed by atoms with Crippen molar-refractivity contribution < 1.29 is 8.83 Å². The number of thiophene rings is 2. The second kappa shape index (κ2) is 25.6. The van der Waals surface area contributed by atoms with E-state index < -0.39 is 0 Å². The fourth-order valence-electron chi connectivity index (χ4n) is 14.2. The Balaban J connectivity index is 0.000000141. The summed E-state index contributed by atoms with van der Waals surface area (Å²) in [5.74, 6) is 0. The van der Waals surface area contributed by atoms with E-state index in [1.165, 1.54) is 62.6 Å². The fourth-order valence-corrected chi connectivity index (χ4v) is 16.7. The van der Waals surface area contributed by atoms with Gasteiger partial charge in [0.25, 0.3) is 0 Å². The molecule has 0 saturated carbocycles. The largest absolute Gasteiger partial charge is 0.436 e. The van der Waals surface area contributed by atoms with Crippen LogP contribution in [0.15, 0.2) is 361 Å². The number of fused-ring (bicyclic) bond motifs is 12. The molecule has 6 heterocycles. The highest BCUT2D eigenvalue weighted by atomic mass is 32.1. The van der Waals surface area contributed by atoms with Crippen LogP contribution < -0.4 is 9.80 Å². The van der Waals surface area contributed by atoms with E-state index in [-0.39, 0.29) is 0 Å². The predicted molar refractivity (Wildman–Crippen MR) is 426 cm³/mol. The van der Waals surface area contributed by atoms with E-state index in [4.69, 9.17) is 28.8 Å². The van der Waals surface area contributed by atoms with E-state index in [2.05, 4.69) is 313 Å². The third-order valence-electron chi connectivity index (χ3n) is 19.1. The zero-order chi connectivity index (χ0) is 67.5. The number of rotatable bonds is 12. The summed E-state index contributed by atoms with van der Waals surface area (Å²) >= 11 is 3.72. The van der Waals surface area contributed by atoms with Crippen molar-refractivity contribution in [1.82, 2.24) is 19.9 Å². The molecule has 6 aromatic heterocycles. The lowest BCUT2D eigenvalue weighted by molar-refractivity contribution is 0.653. The van der Waals surface area contributed by atoms with Gasteiger partial charge >= 0.3 is 0 Å². The van der Waals surface area contributed by atoms with Gasteiger partial charge in [0.1, 0.15) is 22.2 Å². The van der Waals surface area contributed by atoms with Crippen molar-refractivity contribution >= 4 is 142 Å². The second-order valence-electron chi connectivity index (χ2n) is 25.3. The highest BCUT2D eigenvalue weighted by Gasteiger charge is 2.20. The molecular weight excluding hydrogens is 1290 g/mol. The molecule has 0 amide bonds. The van der Waals surface area contributed by atoms with E-state index in [0.29, 0.717) is 11.4 Å². The monoisotopic (exact) mass is 1340 g/mol. The predicted octanol–water partition coefficient (Wildman–Crippen LogP) is 26.4. The molecule has 0 aliphatic carbocycles. The summed E-state index contributed by atoms with van der Waals surface area (Å²) in [6.07, 6.45) is 3.70. The van der Waals surface area contributed by atoms with Gasteiger partial charge in [0.15, 0.2) is 0 Å². The van der Waals surface area contributed by atoms with E-state index >= 15 is 0 Å². The molecule has 0 N–H and O–H groups in total. The van der Waals surface area contributed by atoms with Gasteiger partial charge in [-0.2, -0.15) is 0 Å².